The topological polar surface area (TPSA) is 67.8 Å². The highest BCUT2D eigenvalue weighted by Crippen LogP contribution is 2.11. The van der Waals surface area contributed by atoms with Crippen molar-refractivity contribution >= 4 is 39.2 Å². The van der Waals surface area contributed by atoms with Gasteiger partial charge in [-0.25, -0.2) is 4.98 Å². The van der Waals surface area contributed by atoms with Crippen molar-refractivity contribution in [1.82, 2.24) is 14.6 Å². The summed E-state index contributed by atoms with van der Waals surface area (Å²) in [5.41, 5.74) is 0.296. The molecule has 1 N–H and O–H groups in total. The molecule has 0 aliphatic carbocycles. The van der Waals surface area contributed by atoms with Gasteiger partial charge in [0.25, 0.3) is 5.91 Å². The van der Waals surface area contributed by atoms with Crippen molar-refractivity contribution in [2.75, 3.05) is 5.32 Å². The Morgan fingerprint density at radius 2 is 2.33 bits per heavy atom. The molecule has 2 heterocycles. The van der Waals surface area contributed by atoms with Crippen LogP contribution < -0.4 is 5.32 Å². The van der Waals surface area contributed by atoms with Crippen molar-refractivity contribution in [1.29, 1.82) is 0 Å². The molecule has 0 radical (unpaired) electrons. The number of hydrogen-bond acceptors (Lipinski definition) is 5. The van der Waals surface area contributed by atoms with Crippen molar-refractivity contribution in [2.45, 2.75) is 0 Å². The second-order valence-corrected chi connectivity index (χ2v) is 4.13. The predicted molar refractivity (Wildman–Crippen MR) is 59.8 cm³/mol. The summed E-state index contributed by atoms with van der Waals surface area (Å²) in [6, 6.07) is 3.49. The molecular formula is C8H5BrN4OS. The molecule has 0 aliphatic rings. The van der Waals surface area contributed by atoms with Crippen LogP contribution in [0.5, 0.6) is 0 Å². The normalized spacial score (nSPS) is 9.93. The fourth-order valence-electron chi connectivity index (χ4n) is 0.894. The van der Waals surface area contributed by atoms with Gasteiger partial charge in [-0.1, -0.05) is 4.49 Å². The monoisotopic (exact) mass is 284 g/mol. The molecule has 1 amide bonds. The number of anilines is 1. The first-order chi connectivity index (χ1) is 7.25. The first-order valence-electron chi connectivity index (χ1n) is 3.95. The Hall–Kier alpha value is -1.34. The molecule has 0 aliphatic heterocycles. The quantitative estimate of drug-likeness (QED) is 0.915. The minimum absolute atomic E-state index is 0.296. The lowest BCUT2D eigenvalue weighted by Crippen LogP contribution is -2.13. The number of nitrogens with one attached hydrogen (secondary N) is 1. The molecule has 0 fully saturated rings. The average molecular weight is 285 g/mol. The summed E-state index contributed by atoms with van der Waals surface area (Å²) in [6.45, 7) is 0. The van der Waals surface area contributed by atoms with Crippen LogP contribution in [0.2, 0.25) is 0 Å². The van der Waals surface area contributed by atoms with Gasteiger partial charge in [-0.3, -0.25) is 4.79 Å². The molecule has 0 bridgehead atoms. The molecule has 0 unspecified atom stereocenters. The van der Waals surface area contributed by atoms with Crippen LogP contribution in [0.4, 0.5) is 5.82 Å². The summed E-state index contributed by atoms with van der Waals surface area (Å²) >= 11 is 4.39. The van der Waals surface area contributed by atoms with Crippen LogP contribution in [0.1, 0.15) is 10.5 Å². The van der Waals surface area contributed by atoms with E-state index in [0.717, 1.165) is 16.0 Å². The first-order valence-corrected chi connectivity index (χ1v) is 5.58. The summed E-state index contributed by atoms with van der Waals surface area (Å²) in [5.74, 6) is 0.176. The van der Waals surface area contributed by atoms with Gasteiger partial charge in [0.1, 0.15) is 5.82 Å². The van der Waals surface area contributed by atoms with E-state index < -0.39 is 0 Å². The third-order valence-corrected chi connectivity index (χ3v) is 2.54. The van der Waals surface area contributed by atoms with Crippen LogP contribution in [-0.4, -0.2) is 20.5 Å². The SMILES string of the molecule is O=C(Nc1ccc(Br)cn1)c1csnn1. The van der Waals surface area contributed by atoms with Crippen LogP contribution >= 0.6 is 27.5 Å². The van der Waals surface area contributed by atoms with E-state index in [4.69, 9.17) is 0 Å². The largest absolute Gasteiger partial charge is 0.305 e. The van der Waals surface area contributed by atoms with Gasteiger partial charge in [0.2, 0.25) is 0 Å². The van der Waals surface area contributed by atoms with Gasteiger partial charge < -0.3 is 5.32 Å². The van der Waals surface area contributed by atoms with Gasteiger partial charge in [0, 0.05) is 16.0 Å². The van der Waals surface area contributed by atoms with E-state index in [1.165, 1.54) is 0 Å². The van der Waals surface area contributed by atoms with Crippen molar-refractivity contribution < 1.29 is 4.79 Å². The van der Waals surface area contributed by atoms with Crippen LogP contribution in [0.25, 0.3) is 0 Å². The molecule has 0 spiro atoms. The van der Waals surface area contributed by atoms with Crippen molar-refractivity contribution in [3.8, 4) is 0 Å². The van der Waals surface area contributed by atoms with Gasteiger partial charge in [0.15, 0.2) is 5.69 Å². The lowest BCUT2D eigenvalue weighted by molar-refractivity contribution is 0.102. The maximum absolute atomic E-state index is 11.5. The Balaban J connectivity index is 2.09. The fourth-order valence-corrected chi connectivity index (χ4v) is 1.56. The number of amides is 1. The number of hydrogen-bond donors (Lipinski definition) is 1. The number of rotatable bonds is 2. The number of aromatic nitrogens is 3. The number of halogens is 1. The molecule has 5 nitrogen and oxygen atoms in total. The standard InChI is InChI=1S/C8H5BrN4OS/c9-5-1-2-7(10-3-5)11-8(14)6-4-15-13-12-6/h1-4H,(H,10,11,14). The van der Waals surface area contributed by atoms with Gasteiger partial charge in [-0.15, -0.1) is 5.10 Å². The van der Waals surface area contributed by atoms with Crippen molar-refractivity contribution in [3.63, 3.8) is 0 Å². The van der Waals surface area contributed by atoms with E-state index in [1.54, 1.807) is 23.7 Å². The van der Waals surface area contributed by atoms with Crippen molar-refractivity contribution in [3.05, 3.63) is 33.9 Å². The number of nitrogens with zero attached hydrogens (tertiary/aromatic N) is 3. The smallest absolute Gasteiger partial charge is 0.278 e. The molecule has 0 saturated heterocycles. The lowest BCUT2D eigenvalue weighted by atomic mass is 10.4. The molecule has 2 aromatic rings. The number of carbonyl (C=O) groups excluding carboxylic acids is 1. The highest BCUT2D eigenvalue weighted by Gasteiger charge is 2.08. The zero-order valence-corrected chi connectivity index (χ0v) is 9.75. The number of pyridine rings is 1. The zero-order valence-electron chi connectivity index (χ0n) is 7.35. The van der Waals surface area contributed by atoms with Gasteiger partial charge in [0.05, 0.1) is 0 Å². The minimum atomic E-state index is -0.307. The summed E-state index contributed by atoms with van der Waals surface area (Å²) in [4.78, 5) is 15.5. The Bertz CT molecular complexity index is 456. The summed E-state index contributed by atoms with van der Waals surface area (Å²) in [6.07, 6.45) is 1.61. The Kier molecular flexibility index (Phi) is 3.02. The minimum Gasteiger partial charge on any atom is -0.305 e. The highest BCUT2D eigenvalue weighted by molar-refractivity contribution is 9.10. The Morgan fingerprint density at radius 3 is 2.93 bits per heavy atom. The molecule has 76 valence electrons. The first kappa shape index (κ1) is 10.2. The van der Waals surface area contributed by atoms with E-state index in [1.807, 2.05) is 0 Å². The predicted octanol–water partition coefficient (Wildman–Crippen LogP) is 1.95. The van der Waals surface area contributed by atoms with E-state index in [0.29, 0.717) is 11.5 Å². The summed E-state index contributed by atoms with van der Waals surface area (Å²) < 4.78 is 4.46. The average Bonchev–Trinajstić information content (AvgIpc) is 2.74. The maximum Gasteiger partial charge on any atom is 0.278 e. The van der Waals surface area contributed by atoms with E-state index in [9.17, 15) is 4.79 Å². The summed E-state index contributed by atoms with van der Waals surface area (Å²) in [7, 11) is 0. The van der Waals surface area contributed by atoms with E-state index >= 15 is 0 Å². The second kappa shape index (κ2) is 4.45. The number of carbonyl (C=O) groups is 1. The second-order valence-electron chi connectivity index (χ2n) is 2.61. The molecule has 7 heteroatoms. The Labute approximate surface area is 97.8 Å². The van der Waals surface area contributed by atoms with Gasteiger partial charge in [-0.2, -0.15) is 0 Å². The zero-order chi connectivity index (χ0) is 10.7. The molecule has 2 rings (SSSR count). The Morgan fingerprint density at radius 1 is 1.47 bits per heavy atom. The molecule has 0 saturated carbocycles. The molecule has 0 atom stereocenters. The molecule has 0 aromatic carbocycles. The third kappa shape index (κ3) is 2.57. The van der Waals surface area contributed by atoms with Crippen LogP contribution in [0, 0.1) is 0 Å². The van der Waals surface area contributed by atoms with Crippen LogP contribution in [-0.2, 0) is 0 Å². The highest BCUT2D eigenvalue weighted by atomic mass is 79.9. The van der Waals surface area contributed by atoms with Crippen LogP contribution in [0.15, 0.2) is 28.2 Å². The van der Waals surface area contributed by atoms with Crippen LogP contribution in [0.3, 0.4) is 0 Å². The molecular weight excluding hydrogens is 280 g/mol. The molecule has 15 heavy (non-hydrogen) atoms. The van der Waals surface area contributed by atoms with E-state index in [-0.39, 0.29) is 5.91 Å². The van der Waals surface area contributed by atoms with Crippen molar-refractivity contribution in [2.24, 2.45) is 0 Å². The van der Waals surface area contributed by atoms with Gasteiger partial charge in [-0.05, 0) is 39.6 Å². The fraction of sp³-hybridized carbons (Fsp3) is 0. The van der Waals surface area contributed by atoms with E-state index in [2.05, 4.69) is 35.8 Å². The van der Waals surface area contributed by atoms with Gasteiger partial charge >= 0.3 is 0 Å². The lowest BCUT2D eigenvalue weighted by Gasteiger charge is -2.00. The summed E-state index contributed by atoms with van der Waals surface area (Å²) in [5, 5.41) is 7.83. The maximum atomic E-state index is 11.5. The third-order valence-electron chi connectivity index (χ3n) is 1.56. The molecule has 2 aromatic heterocycles.